The van der Waals surface area contributed by atoms with E-state index in [0.717, 1.165) is 19.3 Å². The Hall–Kier alpha value is -1.72. The van der Waals surface area contributed by atoms with Crippen molar-refractivity contribution in [2.45, 2.75) is 44.0 Å². The van der Waals surface area contributed by atoms with E-state index in [2.05, 4.69) is 0 Å². The normalized spacial score (nSPS) is 28.5. The molecule has 2 fully saturated rings. The number of ether oxygens (including phenoxy) is 3. The number of ketones is 1. The second-order valence-corrected chi connectivity index (χ2v) is 5.84. The Bertz CT molecular complexity index is 533. The molecule has 0 aliphatic carbocycles. The lowest BCUT2D eigenvalue weighted by molar-refractivity contribution is -0.289. The molecular weight excluding hydrogens is 284 g/mol. The average molecular weight is 304 g/mol. The van der Waals surface area contributed by atoms with Gasteiger partial charge in [0.25, 0.3) is 0 Å². The van der Waals surface area contributed by atoms with E-state index in [1.165, 1.54) is 0 Å². The molecule has 1 aromatic carbocycles. The first-order valence-electron chi connectivity index (χ1n) is 7.73. The molecule has 2 aliphatic heterocycles. The van der Waals surface area contributed by atoms with Crippen LogP contribution in [0.15, 0.2) is 30.3 Å². The van der Waals surface area contributed by atoms with Crippen molar-refractivity contribution in [3.05, 3.63) is 35.9 Å². The molecule has 2 atom stereocenters. The Kier molecular flexibility index (Phi) is 4.55. The molecule has 0 N–H and O–H groups in total. The Morgan fingerprint density at radius 1 is 1.27 bits per heavy atom. The number of hydrogen-bond acceptors (Lipinski definition) is 5. The molecular formula is C17H20O5. The molecule has 3 rings (SSSR count). The lowest BCUT2D eigenvalue weighted by atomic mass is 9.94. The van der Waals surface area contributed by atoms with Crippen LogP contribution >= 0.6 is 0 Å². The summed E-state index contributed by atoms with van der Waals surface area (Å²) >= 11 is 0. The molecule has 0 aromatic heterocycles. The molecule has 2 saturated heterocycles. The highest BCUT2D eigenvalue weighted by molar-refractivity contribution is 5.89. The van der Waals surface area contributed by atoms with Gasteiger partial charge in [0.1, 0.15) is 18.5 Å². The third-order valence-corrected chi connectivity index (χ3v) is 4.03. The van der Waals surface area contributed by atoms with Crippen LogP contribution < -0.4 is 0 Å². The average Bonchev–Trinajstić information content (AvgIpc) is 2.53. The lowest BCUT2D eigenvalue weighted by Gasteiger charge is -2.42. The first kappa shape index (κ1) is 15.2. The molecule has 0 radical (unpaired) electrons. The zero-order valence-electron chi connectivity index (χ0n) is 12.5. The summed E-state index contributed by atoms with van der Waals surface area (Å²) in [5.74, 6) is -1.09. The topological polar surface area (TPSA) is 61.8 Å². The second-order valence-electron chi connectivity index (χ2n) is 5.84. The Labute approximate surface area is 129 Å². The van der Waals surface area contributed by atoms with Crippen molar-refractivity contribution in [1.29, 1.82) is 0 Å². The highest BCUT2D eigenvalue weighted by atomic mass is 16.7. The Morgan fingerprint density at radius 3 is 2.82 bits per heavy atom. The van der Waals surface area contributed by atoms with Crippen LogP contribution in [0.5, 0.6) is 0 Å². The minimum atomic E-state index is -0.794. The van der Waals surface area contributed by atoms with Crippen molar-refractivity contribution in [1.82, 2.24) is 0 Å². The number of rotatable bonds is 3. The van der Waals surface area contributed by atoms with Crippen molar-refractivity contribution in [2.24, 2.45) is 0 Å². The summed E-state index contributed by atoms with van der Waals surface area (Å²) in [5, 5.41) is 0. The van der Waals surface area contributed by atoms with E-state index in [-0.39, 0.29) is 18.8 Å². The van der Waals surface area contributed by atoms with Crippen LogP contribution in [0.3, 0.4) is 0 Å². The fourth-order valence-corrected chi connectivity index (χ4v) is 2.99. The second kappa shape index (κ2) is 6.58. The Balaban J connectivity index is 1.58. The molecule has 0 saturated carbocycles. The number of esters is 1. The van der Waals surface area contributed by atoms with Gasteiger partial charge in [0.2, 0.25) is 0 Å². The summed E-state index contributed by atoms with van der Waals surface area (Å²) in [6.07, 6.45) is 2.86. The smallest absolute Gasteiger partial charge is 0.338 e. The molecule has 1 spiro atoms. The van der Waals surface area contributed by atoms with Gasteiger partial charge in [0.15, 0.2) is 5.79 Å². The molecule has 0 unspecified atom stereocenters. The van der Waals surface area contributed by atoms with Gasteiger partial charge in [0.05, 0.1) is 18.6 Å². The number of Topliss-reactive ketones (excluding diaryl/α,β-unsaturated/α-hetero) is 1. The monoisotopic (exact) mass is 304 g/mol. The van der Waals surface area contributed by atoms with Gasteiger partial charge in [-0.05, 0) is 25.0 Å². The van der Waals surface area contributed by atoms with Crippen LogP contribution in [0.1, 0.15) is 42.5 Å². The van der Waals surface area contributed by atoms with Crippen LogP contribution in [0.2, 0.25) is 0 Å². The fraction of sp³-hybridized carbons (Fsp3) is 0.529. The summed E-state index contributed by atoms with van der Waals surface area (Å²) in [6, 6.07) is 8.79. The highest BCUT2D eigenvalue weighted by Crippen LogP contribution is 2.35. The van der Waals surface area contributed by atoms with E-state index < -0.39 is 17.9 Å². The number of benzene rings is 1. The van der Waals surface area contributed by atoms with Gasteiger partial charge in [-0.1, -0.05) is 18.2 Å². The van der Waals surface area contributed by atoms with Gasteiger partial charge in [-0.15, -0.1) is 0 Å². The largest absolute Gasteiger partial charge is 0.459 e. The maximum Gasteiger partial charge on any atom is 0.338 e. The van der Waals surface area contributed by atoms with Crippen molar-refractivity contribution in [3.63, 3.8) is 0 Å². The minimum Gasteiger partial charge on any atom is -0.459 e. The molecule has 2 aliphatic rings. The molecule has 2 heterocycles. The van der Waals surface area contributed by atoms with Crippen molar-refractivity contribution in [3.8, 4) is 0 Å². The first-order chi connectivity index (χ1) is 10.7. The molecule has 1 aromatic rings. The molecule has 0 bridgehead atoms. The molecule has 22 heavy (non-hydrogen) atoms. The lowest BCUT2D eigenvalue weighted by Crippen LogP contribution is -2.49. The number of carbonyl (C=O) groups excluding carboxylic acids is 2. The summed E-state index contributed by atoms with van der Waals surface area (Å²) in [7, 11) is 0. The highest BCUT2D eigenvalue weighted by Gasteiger charge is 2.43. The summed E-state index contributed by atoms with van der Waals surface area (Å²) in [5.41, 5.74) is 0.494. The van der Waals surface area contributed by atoms with Gasteiger partial charge >= 0.3 is 5.97 Å². The van der Waals surface area contributed by atoms with E-state index in [4.69, 9.17) is 14.2 Å². The van der Waals surface area contributed by atoms with E-state index in [0.29, 0.717) is 18.6 Å². The molecule has 5 heteroatoms. The van der Waals surface area contributed by atoms with Crippen LogP contribution in [0.4, 0.5) is 0 Å². The van der Waals surface area contributed by atoms with Gasteiger partial charge < -0.3 is 14.2 Å². The van der Waals surface area contributed by atoms with Crippen molar-refractivity contribution >= 4 is 11.8 Å². The zero-order chi connectivity index (χ0) is 15.4. The van der Waals surface area contributed by atoms with E-state index in [9.17, 15) is 9.59 Å². The van der Waals surface area contributed by atoms with E-state index in [1.807, 2.05) is 6.07 Å². The minimum absolute atomic E-state index is 0.0740. The van der Waals surface area contributed by atoms with Gasteiger partial charge in [-0.2, -0.15) is 0 Å². The molecule has 118 valence electrons. The Morgan fingerprint density at radius 2 is 2.09 bits per heavy atom. The molecule has 5 nitrogen and oxygen atoms in total. The third kappa shape index (κ3) is 3.54. The summed E-state index contributed by atoms with van der Waals surface area (Å²) < 4.78 is 16.9. The maximum absolute atomic E-state index is 12.0. The van der Waals surface area contributed by atoms with Crippen molar-refractivity contribution in [2.75, 3.05) is 13.2 Å². The predicted molar refractivity (Wildman–Crippen MR) is 78.4 cm³/mol. The zero-order valence-corrected chi connectivity index (χ0v) is 12.5. The summed E-state index contributed by atoms with van der Waals surface area (Å²) in [4.78, 5) is 23.9. The van der Waals surface area contributed by atoms with Gasteiger partial charge in [-0.3, -0.25) is 4.79 Å². The first-order valence-corrected chi connectivity index (χ1v) is 7.73. The van der Waals surface area contributed by atoms with Crippen LogP contribution in [0, 0.1) is 0 Å². The number of carbonyl (C=O) groups is 2. The van der Waals surface area contributed by atoms with Gasteiger partial charge in [-0.25, -0.2) is 4.79 Å². The number of hydrogen-bond donors (Lipinski definition) is 0. The van der Waals surface area contributed by atoms with E-state index >= 15 is 0 Å². The summed E-state index contributed by atoms with van der Waals surface area (Å²) in [6.45, 7) is 0.689. The maximum atomic E-state index is 12.0. The van der Waals surface area contributed by atoms with E-state index in [1.54, 1.807) is 24.3 Å². The standard InChI is InChI=1S/C17H20O5/c18-14-10-15(22-17(11-14)8-4-5-9-21-17)12-20-16(19)13-6-2-1-3-7-13/h1-3,6-7,15H,4-5,8-12H2/t15-,17-/m0/s1. The molecule has 0 amide bonds. The predicted octanol–water partition coefficient (Wildman–Crippen LogP) is 2.49. The SMILES string of the molecule is O=C1C[C@@H](COC(=O)c2ccccc2)O[C@@]2(CCCCO2)C1. The van der Waals surface area contributed by atoms with Crippen LogP contribution in [-0.4, -0.2) is 36.9 Å². The third-order valence-electron chi connectivity index (χ3n) is 4.03. The van der Waals surface area contributed by atoms with Crippen LogP contribution in [0.25, 0.3) is 0 Å². The van der Waals surface area contributed by atoms with Gasteiger partial charge in [0, 0.05) is 12.8 Å². The fourth-order valence-electron chi connectivity index (χ4n) is 2.99. The van der Waals surface area contributed by atoms with Crippen LogP contribution in [-0.2, 0) is 19.0 Å². The van der Waals surface area contributed by atoms with Crippen molar-refractivity contribution < 1.29 is 23.8 Å². The quantitative estimate of drug-likeness (QED) is 0.803.